The fourth-order valence-corrected chi connectivity index (χ4v) is 2.32. The molecular weight excluding hydrogens is 466 g/mol. The van der Waals surface area contributed by atoms with E-state index in [9.17, 15) is 22.0 Å². The Bertz CT molecular complexity index is 774. The predicted molar refractivity (Wildman–Crippen MR) is 91.0 cm³/mol. The Balaban J connectivity index is 2.45. The van der Waals surface area contributed by atoms with Gasteiger partial charge < -0.3 is 15.8 Å². The van der Waals surface area contributed by atoms with Crippen LogP contribution in [0.15, 0.2) is 30.3 Å². The summed E-state index contributed by atoms with van der Waals surface area (Å²) in [4.78, 5) is 0. The Kier molecular flexibility index (Phi) is 5.48. The van der Waals surface area contributed by atoms with Crippen molar-refractivity contribution in [2.45, 2.75) is 6.18 Å². The maximum Gasteiger partial charge on any atom is 0.416 e. The second-order valence-electron chi connectivity index (χ2n) is 4.50. The van der Waals surface area contributed by atoms with Gasteiger partial charge in [0.25, 0.3) is 0 Å². The van der Waals surface area contributed by atoms with Crippen LogP contribution >= 0.6 is 34.8 Å². The summed E-state index contributed by atoms with van der Waals surface area (Å²) in [5.74, 6) is -3.98. The first-order chi connectivity index (χ1) is 11.1. The van der Waals surface area contributed by atoms with Gasteiger partial charge in [-0.1, -0.05) is 0 Å². The summed E-state index contributed by atoms with van der Waals surface area (Å²) in [5.41, 5.74) is 4.10. The van der Waals surface area contributed by atoms with Gasteiger partial charge in [-0.05, 0) is 65.1 Å². The van der Waals surface area contributed by atoms with Crippen molar-refractivity contribution in [1.82, 2.24) is 0 Å². The Hall–Kier alpha value is -1.69. The molecule has 0 unspecified atom stereocenters. The molecule has 0 aromatic heterocycles. The zero-order valence-electron chi connectivity index (χ0n) is 11.5. The number of benzene rings is 2. The van der Waals surface area contributed by atoms with Gasteiger partial charge in [-0.25, -0.2) is 8.78 Å². The molecule has 0 amide bonds. The largest absolute Gasteiger partial charge is 0.449 e. The van der Waals surface area contributed by atoms with E-state index >= 15 is 0 Å². The van der Waals surface area contributed by atoms with Crippen molar-refractivity contribution < 1.29 is 26.7 Å². The molecule has 0 radical (unpaired) electrons. The van der Waals surface area contributed by atoms with Gasteiger partial charge in [0.2, 0.25) is 0 Å². The molecule has 0 atom stereocenters. The molecule has 0 aliphatic carbocycles. The molecule has 0 saturated carbocycles. The third kappa shape index (κ3) is 4.44. The minimum Gasteiger partial charge on any atom is -0.449 e. The predicted octanol–water partition coefficient (Wildman–Crippen LogP) is 5.04. The summed E-state index contributed by atoms with van der Waals surface area (Å²) in [6, 6.07) is 4.88. The monoisotopic (exact) mass is 474 g/mol. The van der Waals surface area contributed by atoms with Crippen molar-refractivity contribution in [2.75, 3.05) is 5.32 Å². The lowest BCUT2D eigenvalue weighted by Crippen LogP contribution is -2.19. The second kappa shape index (κ2) is 7.05. The van der Waals surface area contributed by atoms with Crippen molar-refractivity contribution in [2.24, 2.45) is 5.73 Å². The first-order valence-corrected chi connectivity index (χ1v) is 7.66. The lowest BCUT2D eigenvalue weighted by Gasteiger charge is -2.15. The number of thiocarbonyl (C=S) groups is 1. The minimum absolute atomic E-state index is 0.0488. The molecule has 0 saturated heterocycles. The SMILES string of the molecule is NC(=S)Nc1ccc(I)cc1Oc1c(F)cc(C(F)(F)F)cc1F. The Morgan fingerprint density at radius 3 is 2.21 bits per heavy atom. The lowest BCUT2D eigenvalue weighted by molar-refractivity contribution is -0.138. The first kappa shape index (κ1) is 18.6. The fraction of sp³-hybridized carbons (Fsp3) is 0.0714. The molecule has 2 aromatic rings. The molecule has 24 heavy (non-hydrogen) atoms. The van der Waals surface area contributed by atoms with Gasteiger partial charge in [0, 0.05) is 3.57 Å². The quantitative estimate of drug-likeness (QED) is 0.372. The third-order valence-electron chi connectivity index (χ3n) is 2.74. The van der Waals surface area contributed by atoms with E-state index in [4.69, 9.17) is 10.5 Å². The summed E-state index contributed by atoms with van der Waals surface area (Å²) >= 11 is 6.60. The standard InChI is InChI=1S/C14H8F5IN2OS/c15-8-3-6(14(17,18)19)4-9(16)12(8)23-11-5-7(20)1-2-10(11)22-13(21)24/h1-5H,(H3,21,22,24). The topological polar surface area (TPSA) is 47.3 Å². The van der Waals surface area contributed by atoms with E-state index in [0.29, 0.717) is 3.57 Å². The number of alkyl halides is 3. The number of rotatable bonds is 3. The molecule has 2 aromatic carbocycles. The van der Waals surface area contributed by atoms with Crippen molar-refractivity contribution >= 4 is 45.6 Å². The second-order valence-corrected chi connectivity index (χ2v) is 6.18. The average molecular weight is 474 g/mol. The summed E-state index contributed by atoms with van der Waals surface area (Å²) < 4.78 is 71.2. The Morgan fingerprint density at radius 2 is 1.71 bits per heavy atom. The number of nitrogens with one attached hydrogen (secondary N) is 1. The number of ether oxygens (including phenoxy) is 1. The van der Waals surface area contributed by atoms with Crippen LogP contribution in [0, 0.1) is 15.2 Å². The zero-order valence-corrected chi connectivity index (χ0v) is 14.5. The van der Waals surface area contributed by atoms with E-state index in [2.05, 4.69) is 17.5 Å². The maximum atomic E-state index is 13.9. The number of halogens is 6. The summed E-state index contributed by atoms with van der Waals surface area (Å²) in [6.07, 6.45) is -4.87. The highest BCUT2D eigenvalue weighted by Gasteiger charge is 2.33. The number of nitrogens with two attached hydrogens (primary N) is 1. The van der Waals surface area contributed by atoms with Gasteiger partial charge in [-0.2, -0.15) is 13.2 Å². The van der Waals surface area contributed by atoms with Gasteiger partial charge in [-0.15, -0.1) is 0 Å². The molecule has 0 fully saturated rings. The van der Waals surface area contributed by atoms with E-state index in [-0.39, 0.29) is 28.7 Å². The van der Waals surface area contributed by atoms with E-state index in [0.717, 1.165) is 0 Å². The highest BCUT2D eigenvalue weighted by molar-refractivity contribution is 14.1. The van der Waals surface area contributed by atoms with Crippen LogP contribution in [-0.2, 0) is 6.18 Å². The van der Waals surface area contributed by atoms with Gasteiger partial charge >= 0.3 is 6.18 Å². The molecule has 3 nitrogen and oxygen atoms in total. The van der Waals surface area contributed by atoms with Gasteiger partial charge in [0.05, 0.1) is 11.3 Å². The van der Waals surface area contributed by atoms with Crippen LogP contribution < -0.4 is 15.8 Å². The number of hydrogen-bond acceptors (Lipinski definition) is 2. The van der Waals surface area contributed by atoms with Crippen LogP contribution in [0.5, 0.6) is 11.5 Å². The van der Waals surface area contributed by atoms with Crippen molar-refractivity contribution in [3.8, 4) is 11.5 Å². The van der Waals surface area contributed by atoms with Gasteiger partial charge in [0.15, 0.2) is 28.2 Å². The Morgan fingerprint density at radius 1 is 1.12 bits per heavy atom. The molecular formula is C14H8F5IN2OS. The summed E-state index contributed by atoms with van der Waals surface area (Å²) in [6.45, 7) is 0. The summed E-state index contributed by atoms with van der Waals surface area (Å²) in [7, 11) is 0. The average Bonchev–Trinajstić information content (AvgIpc) is 2.43. The Labute approximate surface area is 152 Å². The number of hydrogen-bond donors (Lipinski definition) is 2. The molecule has 2 rings (SSSR count). The molecule has 3 N–H and O–H groups in total. The molecule has 0 aliphatic rings. The van der Waals surface area contributed by atoms with Crippen LogP contribution in [0.3, 0.4) is 0 Å². The van der Waals surface area contributed by atoms with Crippen molar-refractivity contribution in [3.63, 3.8) is 0 Å². The van der Waals surface area contributed by atoms with E-state index in [1.807, 2.05) is 22.6 Å². The maximum absolute atomic E-state index is 13.9. The highest BCUT2D eigenvalue weighted by Crippen LogP contribution is 2.37. The van der Waals surface area contributed by atoms with E-state index in [1.165, 1.54) is 12.1 Å². The van der Waals surface area contributed by atoms with E-state index < -0.39 is 29.1 Å². The van der Waals surface area contributed by atoms with Crippen molar-refractivity contribution in [3.05, 3.63) is 51.1 Å². The normalized spacial score (nSPS) is 11.2. The smallest absolute Gasteiger partial charge is 0.416 e. The van der Waals surface area contributed by atoms with Crippen LogP contribution in [0.2, 0.25) is 0 Å². The fourth-order valence-electron chi connectivity index (χ4n) is 1.75. The highest BCUT2D eigenvalue weighted by atomic mass is 127. The van der Waals surface area contributed by atoms with Crippen LogP contribution in [0.25, 0.3) is 0 Å². The van der Waals surface area contributed by atoms with Crippen LogP contribution in [-0.4, -0.2) is 5.11 Å². The van der Waals surface area contributed by atoms with Crippen LogP contribution in [0.4, 0.5) is 27.6 Å². The lowest BCUT2D eigenvalue weighted by atomic mass is 10.2. The molecule has 0 aliphatic heterocycles. The third-order valence-corrected chi connectivity index (χ3v) is 3.51. The van der Waals surface area contributed by atoms with Crippen molar-refractivity contribution in [1.29, 1.82) is 0 Å². The molecule has 0 bridgehead atoms. The molecule has 0 spiro atoms. The number of anilines is 1. The molecule has 10 heteroatoms. The minimum atomic E-state index is -4.87. The van der Waals surface area contributed by atoms with Gasteiger partial charge in [-0.3, -0.25) is 0 Å². The molecule has 0 heterocycles. The van der Waals surface area contributed by atoms with Gasteiger partial charge in [0.1, 0.15) is 0 Å². The first-order valence-electron chi connectivity index (χ1n) is 6.18. The zero-order chi connectivity index (χ0) is 18.1. The molecule has 128 valence electrons. The summed E-state index contributed by atoms with van der Waals surface area (Å²) in [5, 5.41) is 2.44. The van der Waals surface area contributed by atoms with Crippen LogP contribution in [0.1, 0.15) is 5.56 Å². The van der Waals surface area contributed by atoms with E-state index in [1.54, 1.807) is 6.07 Å².